The van der Waals surface area contributed by atoms with E-state index in [-0.39, 0.29) is 23.7 Å². The molecule has 280 valence electrons. The lowest BCUT2D eigenvalue weighted by atomic mass is 9.88. The van der Waals surface area contributed by atoms with Gasteiger partial charge >= 0.3 is 0 Å². The third-order valence-corrected chi connectivity index (χ3v) is 16.6. The van der Waals surface area contributed by atoms with Crippen LogP contribution in [0.4, 0.5) is 11.6 Å². The molecule has 5 aromatic carbocycles. The summed E-state index contributed by atoms with van der Waals surface area (Å²) >= 11 is 0. The molecule has 4 atom stereocenters. The van der Waals surface area contributed by atoms with E-state index in [1.165, 1.54) is 42.1 Å². The number of nitrogens with zero attached hydrogens (tertiary/aromatic N) is 6. The van der Waals surface area contributed by atoms with Gasteiger partial charge in [-0.3, -0.25) is 0 Å². The molecule has 1 aromatic heterocycles. The molecule has 0 amide bonds. The number of hydrogen-bond donors (Lipinski definition) is 2. The highest BCUT2D eigenvalue weighted by molar-refractivity contribution is 6.79. The van der Waals surface area contributed by atoms with Crippen molar-refractivity contribution in [1.29, 1.82) is 0 Å². The summed E-state index contributed by atoms with van der Waals surface area (Å²) in [5, 5.41) is 19.4. The third-order valence-electron chi connectivity index (χ3n) is 13.6. The minimum atomic E-state index is -2.96. The van der Waals surface area contributed by atoms with Gasteiger partial charge in [-0.2, -0.15) is 0 Å². The second-order valence-electron chi connectivity index (χ2n) is 17.2. The highest BCUT2D eigenvalue weighted by Gasteiger charge is 2.53. The molecule has 6 bridgehead atoms. The molecule has 0 saturated carbocycles. The van der Waals surface area contributed by atoms with Crippen molar-refractivity contribution in [3.8, 4) is 0 Å². The number of aliphatic imine (C=N–C) groups is 4. The van der Waals surface area contributed by atoms with Crippen molar-refractivity contribution in [2.75, 3.05) is 0 Å². The van der Waals surface area contributed by atoms with Gasteiger partial charge < -0.3 is 19.4 Å². The van der Waals surface area contributed by atoms with Crippen LogP contribution in [-0.2, 0) is 0 Å². The first kappa shape index (κ1) is 31.9. The molecule has 8 aliphatic rings. The van der Waals surface area contributed by atoms with Crippen molar-refractivity contribution in [2.45, 2.75) is 13.1 Å². The molecule has 4 unspecified atom stereocenters. The van der Waals surface area contributed by atoms with Gasteiger partial charge in [0.15, 0.2) is 0 Å². The topological polar surface area (TPSA) is 81.7 Å². The minimum Gasteiger partial charge on any atom is -0.327 e. The van der Waals surface area contributed by atoms with Crippen LogP contribution in [0.3, 0.4) is 0 Å². The molecule has 5 aliphatic heterocycles. The van der Waals surface area contributed by atoms with Crippen molar-refractivity contribution in [3.63, 3.8) is 0 Å². The molecule has 3 aliphatic carbocycles. The average Bonchev–Trinajstić information content (AvgIpc) is 3.95. The lowest BCUT2D eigenvalue weighted by Crippen LogP contribution is -2.58. The Balaban J connectivity index is 1.18. The molecule has 6 heterocycles. The fraction of sp³-hybridized carbons (Fsp3) is 0.120. The maximum absolute atomic E-state index is 5.80. The summed E-state index contributed by atoms with van der Waals surface area (Å²) in [6.07, 6.45) is 14.2. The Hall–Kier alpha value is -7.10. The van der Waals surface area contributed by atoms with Crippen LogP contribution < -0.4 is 41.9 Å². The van der Waals surface area contributed by atoms with Crippen LogP contribution in [0.5, 0.6) is 0 Å². The van der Waals surface area contributed by atoms with Gasteiger partial charge in [-0.15, -0.1) is 0 Å². The Morgan fingerprint density at radius 3 is 1.36 bits per heavy atom. The SMILES string of the molecule is C[Si]1(C)N2C3=NC4=C5C=c6ccccc6=CC5C(=Nc5c6cc7ccccc7cc6c(n51)N=C1NC(=C5C=c6ccccc6=CC15)N=C2C1C=c2ccccc2=CC31)N4. The zero-order valence-corrected chi connectivity index (χ0v) is 33.3. The summed E-state index contributed by atoms with van der Waals surface area (Å²) in [5.74, 6) is 7.06. The van der Waals surface area contributed by atoms with Crippen LogP contribution in [0.25, 0.3) is 58.0 Å². The van der Waals surface area contributed by atoms with Crippen LogP contribution in [0.15, 0.2) is 152 Å². The van der Waals surface area contributed by atoms with E-state index in [0.717, 1.165) is 68.5 Å². The summed E-state index contributed by atoms with van der Waals surface area (Å²) in [6.45, 7) is 4.86. The fourth-order valence-electron chi connectivity index (χ4n) is 10.8. The maximum Gasteiger partial charge on any atom is 0.272 e. The fourth-order valence-corrected chi connectivity index (χ4v) is 13.9. The van der Waals surface area contributed by atoms with Gasteiger partial charge in [0.1, 0.15) is 46.6 Å². The van der Waals surface area contributed by atoms with Crippen LogP contribution in [0, 0.1) is 23.7 Å². The van der Waals surface area contributed by atoms with Gasteiger partial charge in [-0.25, -0.2) is 20.0 Å². The molecule has 1 fully saturated rings. The summed E-state index contributed by atoms with van der Waals surface area (Å²) < 4.78 is 5.07. The minimum absolute atomic E-state index is 0.0462. The van der Waals surface area contributed by atoms with Crippen LogP contribution >= 0.6 is 0 Å². The third kappa shape index (κ3) is 4.27. The van der Waals surface area contributed by atoms with Crippen molar-refractivity contribution in [1.82, 2.24) is 19.4 Å². The van der Waals surface area contributed by atoms with Gasteiger partial charge in [-0.1, -0.05) is 121 Å². The molecule has 59 heavy (non-hydrogen) atoms. The maximum atomic E-state index is 5.80. The lowest BCUT2D eigenvalue weighted by molar-refractivity contribution is 0.829. The second-order valence-corrected chi connectivity index (χ2v) is 21.1. The zero-order chi connectivity index (χ0) is 38.7. The highest BCUT2D eigenvalue weighted by Crippen LogP contribution is 2.48. The molecule has 1 saturated heterocycles. The van der Waals surface area contributed by atoms with Crippen molar-refractivity contribution >= 4 is 101 Å². The summed E-state index contributed by atoms with van der Waals surface area (Å²) in [6, 6.07) is 39.3. The monoisotopic (exact) mass is 776 g/mol. The second kappa shape index (κ2) is 11.1. The molecule has 0 spiro atoms. The number of aromatic nitrogens is 1. The quantitative estimate of drug-likeness (QED) is 0.224. The standard InChI is InChI=1S/C50H36N8Si/c1-59(2)57-47-39-23-31-15-7-8-16-32(31)24-40(39)49(57)55-45-37-21-29-13-5-6-14-30(29)22-38(37)46(52-45)56-50-42-26-34-18-10-9-17-33(34)25-41(42)48(58(50)59)54-44-36-20-28-12-4-3-11-27(28)19-35(36)43(51-44)53-47/h3-26,35,37,41-42H,1-2H3,(H,51,53)(H,52,55). The lowest BCUT2D eigenvalue weighted by Gasteiger charge is -2.39. The van der Waals surface area contributed by atoms with E-state index < -0.39 is 8.40 Å². The van der Waals surface area contributed by atoms with E-state index in [1.54, 1.807) is 0 Å². The van der Waals surface area contributed by atoms with Gasteiger partial charge in [0.25, 0.3) is 8.40 Å². The van der Waals surface area contributed by atoms with Gasteiger partial charge in [0, 0.05) is 33.8 Å². The average molecular weight is 777 g/mol. The Kier molecular flexibility index (Phi) is 6.00. The summed E-state index contributed by atoms with van der Waals surface area (Å²) in [5.41, 5.74) is 2.27. The number of hydrogen-bond acceptors (Lipinski definition) is 7. The van der Waals surface area contributed by atoms with E-state index in [0.29, 0.717) is 0 Å². The Labute approximate surface area is 339 Å². The predicted octanol–water partition coefficient (Wildman–Crippen LogP) is 4.46. The molecule has 8 nitrogen and oxygen atoms in total. The normalized spacial score (nSPS) is 24.2. The number of nitrogens with one attached hydrogen (secondary N) is 2. The van der Waals surface area contributed by atoms with Gasteiger partial charge in [0.05, 0.1) is 11.8 Å². The first-order valence-electron chi connectivity index (χ1n) is 20.6. The van der Waals surface area contributed by atoms with E-state index >= 15 is 0 Å². The summed E-state index contributed by atoms with van der Waals surface area (Å²) in [4.78, 5) is 23.2. The largest absolute Gasteiger partial charge is 0.327 e. The van der Waals surface area contributed by atoms with Gasteiger partial charge in [0.2, 0.25) is 0 Å². The van der Waals surface area contributed by atoms with E-state index in [1.807, 2.05) is 0 Å². The predicted molar refractivity (Wildman–Crippen MR) is 241 cm³/mol. The van der Waals surface area contributed by atoms with Gasteiger partial charge in [-0.05, 0) is 79.5 Å². The number of benzene rings is 5. The number of amidine groups is 4. The Morgan fingerprint density at radius 1 is 0.492 bits per heavy atom. The summed E-state index contributed by atoms with van der Waals surface area (Å²) in [7, 11) is -2.96. The van der Waals surface area contributed by atoms with Crippen LogP contribution in [-0.4, -0.2) is 40.5 Å². The molecule has 6 aromatic rings. The van der Waals surface area contributed by atoms with E-state index in [4.69, 9.17) is 20.0 Å². The van der Waals surface area contributed by atoms with Crippen molar-refractivity contribution in [2.24, 2.45) is 43.6 Å². The van der Waals surface area contributed by atoms with Crippen molar-refractivity contribution < 1.29 is 0 Å². The zero-order valence-electron chi connectivity index (χ0n) is 32.3. The van der Waals surface area contributed by atoms with Crippen molar-refractivity contribution in [3.05, 3.63) is 163 Å². The van der Waals surface area contributed by atoms with Crippen LogP contribution in [0.2, 0.25) is 13.1 Å². The molecular weight excluding hydrogens is 741 g/mol. The first-order chi connectivity index (χ1) is 28.9. The molecule has 14 rings (SSSR count). The van der Waals surface area contributed by atoms with E-state index in [9.17, 15) is 0 Å². The number of rotatable bonds is 0. The highest BCUT2D eigenvalue weighted by atomic mass is 28.3. The molecule has 0 radical (unpaired) electrons. The number of fused-ring (bicyclic) bond motifs is 18. The van der Waals surface area contributed by atoms with E-state index in [2.05, 4.69) is 178 Å². The van der Waals surface area contributed by atoms with Crippen LogP contribution in [0.1, 0.15) is 0 Å². The Bertz CT molecular complexity index is 3410. The smallest absolute Gasteiger partial charge is 0.272 e. The Morgan fingerprint density at radius 2 is 0.898 bits per heavy atom. The molecule has 2 N–H and O–H groups in total. The molecular formula is C50H36N8Si. The first-order valence-corrected chi connectivity index (χ1v) is 23.4. The molecule has 9 heteroatoms.